The minimum atomic E-state index is -4.53. The third-order valence-corrected chi connectivity index (χ3v) is 2.82. The summed E-state index contributed by atoms with van der Waals surface area (Å²) in [5.41, 5.74) is -0.758. The molecule has 1 rings (SSSR count). The SMILES string of the molecule is N#CCc1ccc(Br)c(C(F)(F)F)c1Cl. The molecule has 0 aliphatic rings. The van der Waals surface area contributed by atoms with E-state index in [1.165, 1.54) is 12.1 Å². The summed E-state index contributed by atoms with van der Waals surface area (Å²) in [7, 11) is 0. The van der Waals surface area contributed by atoms with Crippen LogP contribution in [0.4, 0.5) is 13.2 Å². The lowest BCUT2D eigenvalue weighted by Gasteiger charge is -2.13. The molecule has 0 unspecified atom stereocenters. The van der Waals surface area contributed by atoms with Gasteiger partial charge in [-0.15, -0.1) is 0 Å². The van der Waals surface area contributed by atoms with Gasteiger partial charge in [0.25, 0.3) is 0 Å². The van der Waals surface area contributed by atoms with Crippen LogP contribution in [0.1, 0.15) is 11.1 Å². The first-order valence-corrected chi connectivity index (χ1v) is 4.96. The fourth-order valence-electron chi connectivity index (χ4n) is 1.08. The zero-order valence-electron chi connectivity index (χ0n) is 7.20. The van der Waals surface area contributed by atoms with Crippen molar-refractivity contribution in [3.63, 3.8) is 0 Å². The van der Waals surface area contributed by atoms with Gasteiger partial charge >= 0.3 is 6.18 Å². The van der Waals surface area contributed by atoms with Crippen molar-refractivity contribution < 1.29 is 13.2 Å². The van der Waals surface area contributed by atoms with E-state index in [1.54, 1.807) is 6.07 Å². The molecule has 0 atom stereocenters. The maximum absolute atomic E-state index is 12.5. The predicted octanol–water partition coefficient (Wildman–Crippen LogP) is 4.19. The first kappa shape index (κ1) is 12.3. The molecule has 0 spiro atoms. The minimum Gasteiger partial charge on any atom is -0.198 e. The molecule has 6 heteroatoms. The molecule has 0 amide bonds. The van der Waals surface area contributed by atoms with Gasteiger partial charge in [-0.05, 0) is 11.6 Å². The number of nitriles is 1. The Balaban J connectivity index is 3.38. The van der Waals surface area contributed by atoms with E-state index in [2.05, 4.69) is 15.9 Å². The number of nitrogens with zero attached hydrogens (tertiary/aromatic N) is 1. The fraction of sp³-hybridized carbons (Fsp3) is 0.222. The highest BCUT2D eigenvalue weighted by Gasteiger charge is 2.36. The standard InChI is InChI=1S/C9H4BrClF3N/c10-6-2-1-5(3-4-15)8(11)7(6)9(12,13)14/h1-2H,3H2. The highest BCUT2D eigenvalue weighted by molar-refractivity contribution is 9.10. The van der Waals surface area contributed by atoms with Gasteiger partial charge in [0.15, 0.2) is 0 Å². The minimum absolute atomic E-state index is 0.123. The van der Waals surface area contributed by atoms with E-state index in [1.807, 2.05) is 0 Å². The van der Waals surface area contributed by atoms with Crippen LogP contribution in [-0.2, 0) is 12.6 Å². The van der Waals surface area contributed by atoms with Crippen LogP contribution in [0.3, 0.4) is 0 Å². The maximum Gasteiger partial charge on any atom is 0.418 e. The second-order valence-corrected chi connectivity index (χ2v) is 3.96. The molecule has 1 aromatic carbocycles. The van der Waals surface area contributed by atoms with Crippen molar-refractivity contribution in [2.45, 2.75) is 12.6 Å². The summed E-state index contributed by atoms with van der Waals surface area (Å²) in [5, 5.41) is 7.99. The summed E-state index contributed by atoms with van der Waals surface area (Å²) >= 11 is 8.36. The molecule has 0 heterocycles. The highest BCUT2D eigenvalue weighted by Crippen LogP contribution is 2.41. The van der Waals surface area contributed by atoms with Gasteiger partial charge in [0, 0.05) is 4.47 Å². The Morgan fingerprint density at radius 2 is 2.00 bits per heavy atom. The van der Waals surface area contributed by atoms with Crippen LogP contribution in [0.25, 0.3) is 0 Å². The molecule has 1 nitrogen and oxygen atoms in total. The van der Waals surface area contributed by atoms with Gasteiger partial charge in [-0.1, -0.05) is 33.6 Å². The van der Waals surface area contributed by atoms with E-state index in [0.717, 1.165) is 0 Å². The number of hydrogen-bond acceptors (Lipinski definition) is 1. The lowest BCUT2D eigenvalue weighted by atomic mass is 10.1. The van der Waals surface area contributed by atoms with Crippen LogP contribution < -0.4 is 0 Å². The van der Waals surface area contributed by atoms with Crippen molar-refractivity contribution in [2.24, 2.45) is 0 Å². The number of hydrogen-bond donors (Lipinski definition) is 0. The molecule has 0 aliphatic carbocycles. The van der Waals surface area contributed by atoms with Gasteiger partial charge in [-0.2, -0.15) is 18.4 Å². The summed E-state index contributed by atoms with van der Waals surface area (Å²) in [5.74, 6) is 0. The summed E-state index contributed by atoms with van der Waals surface area (Å²) in [6.07, 6.45) is -4.67. The van der Waals surface area contributed by atoms with Crippen LogP contribution in [0.15, 0.2) is 16.6 Å². The molecule has 0 saturated heterocycles. The molecule has 0 saturated carbocycles. The number of rotatable bonds is 1. The summed E-state index contributed by atoms with van der Waals surface area (Å²) in [4.78, 5) is 0. The Labute approximate surface area is 97.6 Å². The lowest BCUT2D eigenvalue weighted by molar-refractivity contribution is -0.138. The molecular weight excluding hydrogens is 294 g/mol. The van der Waals surface area contributed by atoms with Gasteiger partial charge in [0.05, 0.1) is 23.1 Å². The van der Waals surface area contributed by atoms with Gasteiger partial charge in [0.1, 0.15) is 0 Å². The second-order valence-electron chi connectivity index (χ2n) is 2.73. The summed E-state index contributed by atoms with van der Waals surface area (Å²) in [6.45, 7) is 0. The fourth-order valence-corrected chi connectivity index (χ4v) is 2.09. The van der Waals surface area contributed by atoms with Gasteiger partial charge in [0.2, 0.25) is 0 Å². The number of halogens is 5. The Hall–Kier alpha value is -0.730. The predicted molar refractivity (Wildman–Crippen MR) is 53.5 cm³/mol. The average molecular weight is 298 g/mol. The third-order valence-electron chi connectivity index (χ3n) is 1.72. The molecule has 0 aromatic heterocycles. The quantitative estimate of drug-likeness (QED) is 0.762. The smallest absolute Gasteiger partial charge is 0.198 e. The third kappa shape index (κ3) is 2.64. The molecule has 0 N–H and O–H groups in total. The largest absolute Gasteiger partial charge is 0.418 e. The van der Waals surface area contributed by atoms with Crippen molar-refractivity contribution >= 4 is 27.5 Å². The molecule has 1 aromatic rings. The summed E-state index contributed by atoms with van der Waals surface area (Å²) in [6, 6.07) is 4.39. The van der Waals surface area contributed by atoms with E-state index in [9.17, 15) is 13.2 Å². The van der Waals surface area contributed by atoms with Crippen LogP contribution in [0.2, 0.25) is 5.02 Å². The van der Waals surface area contributed by atoms with Crippen LogP contribution >= 0.6 is 27.5 Å². The Kier molecular flexibility index (Phi) is 3.63. The van der Waals surface area contributed by atoms with Crippen molar-refractivity contribution in [2.75, 3.05) is 0 Å². The molecule has 0 radical (unpaired) electrons. The van der Waals surface area contributed by atoms with E-state index in [-0.39, 0.29) is 16.5 Å². The molecular formula is C9H4BrClF3N. The van der Waals surface area contributed by atoms with Crippen LogP contribution in [0, 0.1) is 11.3 Å². The Bertz CT molecular complexity index is 423. The lowest BCUT2D eigenvalue weighted by Crippen LogP contribution is -2.08. The monoisotopic (exact) mass is 297 g/mol. The normalized spacial score (nSPS) is 11.2. The molecule has 80 valence electrons. The zero-order valence-corrected chi connectivity index (χ0v) is 9.54. The van der Waals surface area contributed by atoms with E-state index in [0.29, 0.717) is 0 Å². The van der Waals surface area contributed by atoms with E-state index in [4.69, 9.17) is 16.9 Å². The first-order chi connectivity index (χ1) is 6.88. The van der Waals surface area contributed by atoms with Crippen molar-refractivity contribution in [1.29, 1.82) is 5.26 Å². The number of benzene rings is 1. The Morgan fingerprint density at radius 3 is 2.47 bits per heavy atom. The second kappa shape index (κ2) is 4.42. The van der Waals surface area contributed by atoms with E-state index >= 15 is 0 Å². The number of alkyl halides is 3. The zero-order chi connectivity index (χ0) is 11.6. The van der Waals surface area contributed by atoms with Gasteiger partial charge in [-0.25, -0.2) is 0 Å². The Morgan fingerprint density at radius 1 is 1.40 bits per heavy atom. The molecule has 15 heavy (non-hydrogen) atoms. The first-order valence-electron chi connectivity index (χ1n) is 3.79. The highest BCUT2D eigenvalue weighted by atomic mass is 79.9. The van der Waals surface area contributed by atoms with Crippen LogP contribution in [0.5, 0.6) is 0 Å². The molecule has 0 aliphatic heterocycles. The van der Waals surface area contributed by atoms with E-state index < -0.39 is 16.8 Å². The topological polar surface area (TPSA) is 23.8 Å². The average Bonchev–Trinajstić information content (AvgIpc) is 2.08. The molecule has 0 bridgehead atoms. The van der Waals surface area contributed by atoms with Gasteiger partial charge in [-0.3, -0.25) is 0 Å². The molecule has 0 fully saturated rings. The van der Waals surface area contributed by atoms with Crippen molar-refractivity contribution in [1.82, 2.24) is 0 Å². The van der Waals surface area contributed by atoms with Crippen molar-refractivity contribution in [3.8, 4) is 6.07 Å². The maximum atomic E-state index is 12.5. The van der Waals surface area contributed by atoms with Gasteiger partial charge < -0.3 is 0 Å². The summed E-state index contributed by atoms with van der Waals surface area (Å²) < 4.78 is 37.5. The van der Waals surface area contributed by atoms with Crippen molar-refractivity contribution in [3.05, 3.63) is 32.8 Å². The van der Waals surface area contributed by atoms with Crippen LogP contribution in [-0.4, -0.2) is 0 Å².